The fraction of sp³-hybridized carbons (Fsp3) is 0.312. The van der Waals surface area contributed by atoms with Crippen molar-refractivity contribution in [3.05, 3.63) is 40.8 Å². The number of hydrogen-bond acceptors (Lipinski definition) is 4. The van der Waals surface area contributed by atoms with Crippen LogP contribution in [0.1, 0.15) is 23.3 Å². The second kappa shape index (κ2) is 5.66. The van der Waals surface area contributed by atoms with Gasteiger partial charge in [-0.25, -0.2) is 0 Å². The van der Waals surface area contributed by atoms with Gasteiger partial charge in [-0.15, -0.1) is 11.3 Å². The van der Waals surface area contributed by atoms with E-state index in [0.29, 0.717) is 6.04 Å². The quantitative estimate of drug-likeness (QED) is 0.913. The predicted molar refractivity (Wildman–Crippen MR) is 80.9 cm³/mol. The highest BCUT2D eigenvalue weighted by Crippen LogP contribution is 2.33. The Morgan fingerprint density at radius 3 is 2.85 bits per heavy atom. The minimum Gasteiger partial charge on any atom is -0.497 e. The average Bonchev–Trinajstić information content (AvgIpc) is 3.20. The number of ether oxygens (including phenoxy) is 1. The standard InChI is InChI=1S/C16H16N2OS/c1-19-13-4-6-15(16-7-5-14(9-17)20-16)11(8-13)10-18-12-2-3-12/h4-8,12,18H,2-3,10H2,1H3. The van der Waals surface area contributed by atoms with Crippen molar-refractivity contribution in [3.8, 4) is 22.3 Å². The Labute approximate surface area is 122 Å². The van der Waals surface area contributed by atoms with E-state index in [9.17, 15) is 0 Å². The molecule has 0 bridgehead atoms. The van der Waals surface area contributed by atoms with E-state index in [4.69, 9.17) is 10.00 Å². The number of thiophene rings is 1. The van der Waals surface area contributed by atoms with Crippen LogP contribution in [-0.4, -0.2) is 13.2 Å². The van der Waals surface area contributed by atoms with Crippen molar-refractivity contribution in [2.45, 2.75) is 25.4 Å². The topological polar surface area (TPSA) is 45.0 Å². The molecule has 1 N–H and O–H groups in total. The van der Waals surface area contributed by atoms with Crippen molar-refractivity contribution in [1.82, 2.24) is 5.32 Å². The molecule has 4 heteroatoms. The lowest BCUT2D eigenvalue weighted by molar-refractivity contribution is 0.414. The molecule has 3 nitrogen and oxygen atoms in total. The molecular weight excluding hydrogens is 268 g/mol. The summed E-state index contributed by atoms with van der Waals surface area (Å²) < 4.78 is 5.32. The van der Waals surface area contributed by atoms with Crippen LogP contribution in [0.25, 0.3) is 10.4 Å². The lowest BCUT2D eigenvalue weighted by atomic mass is 10.1. The van der Waals surface area contributed by atoms with E-state index >= 15 is 0 Å². The molecule has 0 atom stereocenters. The summed E-state index contributed by atoms with van der Waals surface area (Å²) in [6, 6.07) is 12.9. The minimum absolute atomic E-state index is 0.673. The van der Waals surface area contributed by atoms with Gasteiger partial charge < -0.3 is 10.1 Å². The lowest BCUT2D eigenvalue weighted by Gasteiger charge is -2.11. The van der Waals surface area contributed by atoms with Gasteiger partial charge in [0.2, 0.25) is 0 Å². The van der Waals surface area contributed by atoms with E-state index in [1.165, 1.54) is 35.3 Å². The van der Waals surface area contributed by atoms with Gasteiger partial charge >= 0.3 is 0 Å². The van der Waals surface area contributed by atoms with Gasteiger partial charge in [-0.3, -0.25) is 0 Å². The molecule has 0 unspecified atom stereocenters. The zero-order chi connectivity index (χ0) is 13.9. The molecule has 0 amide bonds. The van der Waals surface area contributed by atoms with E-state index < -0.39 is 0 Å². The van der Waals surface area contributed by atoms with Gasteiger partial charge in [-0.05, 0) is 54.3 Å². The molecule has 3 rings (SSSR count). The molecule has 1 aliphatic carbocycles. The van der Waals surface area contributed by atoms with Gasteiger partial charge in [-0.2, -0.15) is 5.26 Å². The van der Waals surface area contributed by atoms with Gasteiger partial charge in [0.1, 0.15) is 16.7 Å². The predicted octanol–water partition coefficient (Wildman–Crippen LogP) is 3.55. The Morgan fingerprint density at radius 2 is 2.20 bits per heavy atom. The number of nitrogens with one attached hydrogen (secondary N) is 1. The van der Waals surface area contributed by atoms with E-state index in [2.05, 4.69) is 23.5 Å². The van der Waals surface area contributed by atoms with Crippen molar-refractivity contribution in [2.75, 3.05) is 7.11 Å². The molecule has 1 heterocycles. The van der Waals surface area contributed by atoms with Gasteiger partial charge in [0.05, 0.1) is 7.11 Å². The summed E-state index contributed by atoms with van der Waals surface area (Å²) in [5, 5.41) is 12.5. The number of methoxy groups -OCH3 is 1. The molecule has 1 aromatic carbocycles. The van der Waals surface area contributed by atoms with Crippen LogP contribution in [0.2, 0.25) is 0 Å². The molecular formula is C16H16N2OS. The first-order valence-corrected chi connectivity index (χ1v) is 7.52. The first-order valence-electron chi connectivity index (χ1n) is 6.71. The van der Waals surface area contributed by atoms with Crippen LogP contribution >= 0.6 is 11.3 Å². The molecule has 0 aliphatic heterocycles. The first-order chi connectivity index (χ1) is 9.80. The zero-order valence-corrected chi connectivity index (χ0v) is 12.2. The van der Waals surface area contributed by atoms with E-state index in [1.807, 2.05) is 18.2 Å². The summed E-state index contributed by atoms with van der Waals surface area (Å²) in [6.45, 7) is 0.844. The molecule has 0 spiro atoms. The highest BCUT2D eigenvalue weighted by Gasteiger charge is 2.21. The Kier molecular flexibility index (Phi) is 3.72. The summed E-state index contributed by atoms with van der Waals surface area (Å²) in [7, 11) is 1.69. The maximum absolute atomic E-state index is 8.96. The summed E-state index contributed by atoms with van der Waals surface area (Å²) in [4.78, 5) is 1.88. The molecule has 1 aliphatic rings. The van der Waals surface area contributed by atoms with Crippen molar-refractivity contribution < 1.29 is 4.74 Å². The largest absolute Gasteiger partial charge is 0.497 e. The SMILES string of the molecule is COc1ccc(-c2ccc(C#N)s2)c(CNC2CC2)c1. The van der Waals surface area contributed by atoms with Crippen LogP contribution in [0.3, 0.4) is 0 Å². The molecule has 1 aromatic heterocycles. The third-order valence-electron chi connectivity index (χ3n) is 3.45. The summed E-state index contributed by atoms with van der Waals surface area (Å²) in [5.41, 5.74) is 2.41. The summed E-state index contributed by atoms with van der Waals surface area (Å²) >= 11 is 1.53. The summed E-state index contributed by atoms with van der Waals surface area (Å²) in [5.74, 6) is 0.874. The first kappa shape index (κ1) is 13.2. The second-order valence-electron chi connectivity index (χ2n) is 4.95. The highest BCUT2D eigenvalue weighted by molar-refractivity contribution is 7.16. The molecule has 0 radical (unpaired) electrons. The van der Waals surface area contributed by atoms with Gasteiger partial charge in [-0.1, -0.05) is 0 Å². The minimum atomic E-state index is 0.673. The normalized spacial score (nSPS) is 14.0. The number of rotatable bonds is 5. The van der Waals surface area contributed by atoms with Crippen LogP contribution in [0.15, 0.2) is 30.3 Å². The van der Waals surface area contributed by atoms with E-state index in [-0.39, 0.29) is 0 Å². The van der Waals surface area contributed by atoms with Gasteiger partial charge in [0.15, 0.2) is 0 Å². The maximum atomic E-state index is 8.96. The van der Waals surface area contributed by atoms with Gasteiger partial charge in [0.25, 0.3) is 0 Å². The highest BCUT2D eigenvalue weighted by atomic mass is 32.1. The van der Waals surface area contributed by atoms with Crippen LogP contribution < -0.4 is 10.1 Å². The van der Waals surface area contributed by atoms with Crippen molar-refractivity contribution >= 4 is 11.3 Å². The number of hydrogen-bond donors (Lipinski definition) is 1. The van der Waals surface area contributed by atoms with E-state index in [1.54, 1.807) is 7.11 Å². The molecule has 0 saturated heterocycles. The van der Waals surface area contributed by atoms with E-state index in [0.717, 1.165) is 22.0 Å². The molecule has 2 aromatic rings. The Balaban J connectivity index is 1.92. The van der Waals surface area contributed by atoms with Crippen molar-refractivity contribution in [3.63, 3.8) is 0 Å². The lowest BCUT2D eigenvalue weighted by Crippen LogP contribution is -2.15. The molecule has 20 heavy (non-hydrogen) atoms. The summed E-state index contributed by atoms with van der Waals surface area (Å²) in [6.07, 6.45) is 2.55. The fourth-order valence-corrected chi connectivity index (χ4v) is 3.03. The number of nitrogens with zero attached hydrogens (tertiary/aromatic N) is 1. The number of benzene rings is 1. The van der Waals surface area contributed by atoms with Crippen LogP contribution in [0.4, 0.5) is 0 Å². The molecule has 102 valence electrons. The average molecular weight is 284 g/mol. The molecule has 1 fully saturated rings. The van der Waals surface area contributed by atoms with Crippen molar-refractivity contribution in [2.24, 2.45) is 0 Å². The Morgan fingerprint density at radius 1 is 1.35 bits per heavy atom. The molecule has 1 saturated carbocycles. The van der Waals surface area contributed by atoms with Crippen LogP contribution in [-0.2, 0) is 6.54 Å². The monoisotopic (exact) mass is 284 g/mol. The van der Waals surface area contributed by atoms with Crippen LogP contribution in [0.5, 0.6) is 5.75 Å². The maximum Gasteiger partial charge on any atom is 0.119 e. The third-order valence-corrected chi connectivity index (χ3v) is 4.48. The smallest absolute Gasteiger partial charge is 0.119 e. The Hall–Kier alpha value is -1.83. The van der Waals surface area contributed by atoms with Crippen molar-refractivity contribution in [1.29, 1.82) is 5.26 Å². The fourth-order valence-electron chi connectivity index (χ4n) is 2.17. The Bertz CT molecular complexity index is 653. The van der Waals surface area contributed by atoms with Gasteiger partial charge in [0, 0.05) is 17.5 Å². The number of nitriles is 1. The third kappa shape index (κ3) is 2.84. The second-order valence-corrected chi connectivity index (χ2v) is 6.04. The van der Waals surface area contributed by atoms with Crippen LogP contribution in [0, 0.1) is 11.3 Å². The zero-order valence-electron chi connectivity index (χ0n) is 11.3.